The van der Waals surface area contributed by atoms with E-state index in [1.165, 1.54) is 23.9 Å². The van der Waals surface area contributed by atoms with E-state index in [0.717, 1.165) is 5.56 Å². The summed E-state index contributed by atoms with van der Waals surface area (Å²) in [5.74, 6) is 0.292. The molecule has 3 heterocycles. The van der Waals surface area contributed by atoms with Crippen LogP contribution in [0, 0.1) is 13.8 Å². The zero-order chi connectivity index (χ0) is 15.7. The summed E-state index contributed by atoms with van der Waals surface area (Å²) in [4.78, 5) is 25.3. The van der Waals surface area contributed by atoms with Gasteiger partial charge in [-0.3, -0.25) is 9.89 Å². The monoisotopic (exact) mass is 334 g/mol. The fraction of sp³-hybridized carbons (Fsp3) is 0.154. The summed E-state index contributed by atoms with van der Waals surface area (Å²) in [6.45, 7) is 3.60. The molecule has 7 nitrogen and oxygen atoms in total. The van der Waals surface area contributed by atoms with E-state index < -0.39 is 0 Å². The number of H-pyrrole nitrogens is 1. The summed E-state index contributed by atoms with van der Waals surface area (Å²) >= 11 is 7.12. The molecule has 22 heavy (non-hydrogen) atoms. The number of aryl methyl sites for hydroxylation is 2. The second-order valence-corrected chi connectivity index (χ2v) is 5.91. The molecule has 9 heteroatoms. The Kier molecular flexibility index (Phi) is 3.86. The SMILES string of the molecule is Cc1cc(NC(=O)c2sc(-c3ncn[nH]3)nc2C)cnc1Cl. The van der Waals surface area contributed by atoms with Crippen molar-refractivity contribution in [2.24, 2.45) is 0 Å². The van der Waals surface area contributed by atoms with Crippen molar-refractivity contribution < 1.29 is 4.79 Å². The lowest BCUT2D eigenvalue weighted by molar-refractivity contribution is 0.103. The number of hydrogen-bond donors (Lipinski definition) is 2. The minimum absolute atomic E-state index is 0.246. The van der Waals surface area contributed by atoms with Crippen molar-refractivity contribution in [2.45, 2.75) is 13.8 Å². The molecule has 0 bridgehead atoms. The molecule has 0 aliphatic carbocycles. The first-order valence-electron chi connectivity index (χ1n) is 6.31. The lowest BCUT2D eigenvalue weighted by atomic mass is 10.3. The Bertz CT molecular complexity index is 829. The third-order valence-electron chi connectivity index (χ3n) is 2.89. The maximum Gasteiger partial charge on any atom is 0.267 e. The number of rotatable bonds is 3. The predicted octanol–water partition coefficient (Wildman–Crippen LogP) is 2.85. The zero-order valence-electron chi connectivity index (χ0n) is 11.7. The molecule has 112 valence electrons. The number of pyridine rings is 1. The standard InChI is InChI=1S/C13H11ClN6OS/c1-6-3-8(4-15-10(6)14)19-12(21)9-7(2)18-13(22-9)11-16-5-17-20-11/h3-5H,1-2H3,(H,19,21)(H,16,17,20). The summed E-state index contributed by atoms with van der Waals surface area (Å²) in [5.41, 5.74) is 2.01. The van der Waals surface area contributed by atoms with Crippen LogP contribution >= 0.6 is 22.9 Å². The van der Waals surface area contributed by atoms with Crippen molar-refractivity contribution >= 4 is 34.5 Å². The van der Waals surface area contributed by atoms with Crippen LogP contribution in [0.25, 0.3) is 10.8 Å². The lowest BCUT2D eigenvalue weighted by Crippen LogP contribution is -2.11. The van der Waals surface area contributed by atoms with Crippen LogP contribution in [0.15, 0.2) is 18.6 Å². The summed E-state index contributed by atoms with van der Waals surface area (Å²) in [6, 6.07) is 1.76. The average Bonchev–Trinajstić information content (AvgIpc) is 3.12. The topological polar surface area (TPSA) is 96.5 Å². The highest BCUT2D eigenvalue weighted by molar-refractivity contribution is 7.17. The molecule has 0 saturated heterocycles. The number of aromatic nitrogens is 5. The van der Waals surface area contributed by atoms with Gasteiger partial charge >= 0.3 is 0 Å². The van der Waals surface area contributed by atoms with E-state index >= 15 is 0 Å². The van der Waals surface area contributed by atoms with Crippen molar-refractivity contribution in [2.75, 3.05) is 5.32 Å². The molecule has 0 atom stereocenters. The first kappa shape index (κ1) is 14.6. The molecule has 2 N–H and O–H groups in total. The quantitative estimate of drug-likeness (QED) is 0.718. The Labute approximate surface area is 134 Å². The van der Waals surface area contributed by atoms with Gasteiger partial charge in [-0.05, 0) is 25.5 Å². The van der Waals surface area contributed by atoms with Crippen LogP contribution in [0.4, 0.5) is 5.69 Å². The average molecular weight is 335 g/mol. The van der Waals surface area contributed by atoms with Gasteiger partial charge in [0.05, 0.1) is 17.6 Å². The summed E-state index contributed by atoms with van der Waals surface area (Å²) < 4.78 is 0. The molecular formula is C13H11ClN6OS. The van der Waals surface area contributed by atoms with Gasteiger partial charge in [-0.25, -0.2) is 15.0 Å². The molecule has 0 unspecified atom stereocenters. The normalized spacial score (nSPS) is 10.7. The molecule has 0 aliphatic rings. The zero-order valence-corrected chi connectivity index (χ0v) is 13.3. The summed E-state index contributed by atoms with van der Waals surface area (Å²) in [7, 11) is 0. The van der Waals surface area contributed by atoms with E-state index in [1.807, 2.05) is 6.92 Å². The van der Waals surface area contributed by atoms with Crippen molar-refractivity contribution in [3.8, 4) is 10.8 Å². The van der Waals surface area contributed by atoms with Crippen LogP contribution in [-0.2, 0) is 0 Å². The third-order valence-corrected chi connectivity index (χ3v) is 4.45. The number of carbonyl (C=O) groups excluding carboxylic acids is 1. The molecule has 0 fully saturated rings. The Morgan fingerprint density at radius 2 is 2.18 bits per heavy atom. The second kappa shape index (κ2) is 5.82. The van der Waals surface area contributed by atoms with Crippen LogP contribution < -0.4 is 5.32 Å². The minimum Gasteiger partial charge on any atom is -0.320 e. The number of hydrogen-bond acceptors (Lipinski definition) is 6. The highest BCUT2D eigenvalue weighted by atomic mass is 35.5. The molecule has 1 amide bonds. The van der Waals surface area contributed by atoms with Crippen LogP contribution in [-0.4, -0.2) is 31.1 Å². The van der Waals surface area contributed by atoms with Gasteiger partial charge in [0.15, 0.2) is 10.8 Å². The number of nitrogens with zero attached hydrogens (tertiary/aromatic N) is 4. The number of amides is 1. The number of nitrogens with one attached hydrogen (secondary N) is 2. The molecule has 3 aromatic heterocycles. The highest BCUT2D eigenvalue weighted by Gasteiger charge is 2.18. The van der Waals surface area contributed by atoms with Gasteiger partial charge in [0.1, 0.15) is 16.4 Å². The summed E-state index contributed by atoms with van der Waals surface area (Å²) in [6.07, 6.45) is 2.91. The number of thiazole rings is 1. The minimum atomic E-state index is -0.246. The Balaban J connectivity index is 1.84. The number of aromatic amines is 1. The molecule has 0 aliphatic heterocycles. The molecule has 3 aromatic rings. The van der Waals surface area contributed by atoms with E-state index in [1.54, 1.807) is 13.0 Å². The first-order chi connectivity index (χ1) is 10.5. The molecule has 0 radical (unpaired) electrons. The van der Waals surface area contributed by atoms with Gasteiger partial charge in [0.25, 0.3) is 5.91 Å². The van der Waals surface area contributed by atoms with Crippen molar-refractivity contribution in [1.82, 2.24) is 25.1 Å². The predicted molar refractivity (Wildman–Crippen MR) is 84.2 cm³/mol. The van der Waals surface area contributed by atoms with E-state index in [-0.39, 0.29) is 5.91 Å². The van der Waals surface area contributed by atoms with Crippen LogP contribution in [0.3, 0.4) is 0 Å². The van der Waals surface area contributed by atoms with E-state index in [4.69, 9.17) is 11.6 Å². The largest absolute Gasteiger partial charge is 0.320 e. The van der Waals surface area contributed by atoms with E-state index in [2.05, 4.69) is 30.5 Å². The molecular weight excluding hydrogens is 324 g/mol. The van der Waals surface area contributed by atoms with Gasteiger partial charge in [-0.2, -0.15) is 5.10 Å². The Morgan fingerprint density at radius 3 is 2.86 bits per heavy atom. The highest BCUT2D eigenvalue weighted by Crippen LogP contribution is 2.26. The maximum atomic E-state index is 12.4. The van der Waals surface area contributed by atoms with E-state index in [9.17, 15) is 4.79 Å². The van der Waals surface area contributed by atoms with Crippen molar-refractivity contribution in [3.63, 3.8) is 0 Å². The van der Waals surface area contributed by atoms with Crippen molar-refractivity contribution in [1.29, 1.82) is 0 Å². The Morgan fingerprint density at radius 1 is 1.36 bits per heavy atom. The van der Waals surface area contributed by atoms with Gasteiger partial charge < -0.3 is 5.32 Å². The smallest absolute Gasteiger partial charge is 0.267 e. The fourth-order valence-corrected chi connectivity index (χ4v) is 2.84. The number of anilines is 1. The Hall–Kier alpha value is -2.32. The van der Waals surface area contributed by atoms with Crippen molar-refractivity contribution in [3.05, 3.63) is 39.9 Å². The molecule has 0 saturated carbocycles. The van der Waals surface area contributed by atoms with Crippen LogP contribution in [0.2, 0.25) is 5.15 Å². The number of halogens is 1. The van der Waals surface area contributed by atoms with Gasteiger partial charge in [-0.1, -0.05) is 11.6 Å². The molecule has 0 spiro atoms. The maximum absolute atomic E-state index is 12.4. The number of carbonyl (C=O) groups is 1. The van der Waals surface area contributed by atoms with E-state index in [0.29, 0.717) is 32.2 Å². The fourth-order valence-electron chi connectivity index (χ4n) is 1.83. The molecule has 0 aromatic carbocycles. The molecule has 3 rings (SSSR count). The second-order valence-electron chi connectivity index (χ2n) is 4.55. The van der Waals surface area contributed by atoms with Gasteiger partial charge in [0, 0.05) is 0 Å². The van der Waals surface area contributed by atoms with Crippen LogP contribution in [0.1, 0.15) is 20.9 Å². The lowest BCUT2D eigenvalue weighted by Gasteiger charge is -2.05. The van der Waals surface area contributed by atoms with Crippen LogP contribution in [0.5, 0.6) is 0 Å². The first-order valence-corrected chi connectivity index (χ1v) is 7.50. The van der Waals surface area contributed by atoms with Gasteiger partial charge in [0.2, 0.25) is 0 Å². The third kappa shape index (κ3) is 2.83. The van der Waals surface area contributed by atoms with Gasteiger partial charge in [-0.15, -0.1) is 11.3 Å². The summed E-state index contributed by atoms with van der Waals surface area (Å²) in [5, 5.41) is 10.3.